The molecule has 0 aromatic heterocycles. The van der Waals surface area contributed by atoms with Crippen molar-refractivity contribution in [1.82, 2.24) is 0 Å². The fourth-order valence-corrected chi connectivity index (χ4v) is 3.13. The summed E-state index contributed by atoms with van der Waals surface area (Å²) in [6, 6.07) is 7.85. The topological polar surface area (TPSA) is 17.1 Å². The van der Waals surface area contributed by atoms with Gasteiger partial charge in [0.15, 0.2) is 5.78 Å². The van der Waals surface area contributed by atoms with Crippen molar-refractivity contribution in [3.63, 3.8) is 0 Å². The molecule has 0 radical (unpaired) electrons. The number of hydrogen-bond donors (Lipinski definition) is 0. The molecule has 112 valence electrons. The normalized spacial score (nSPS) is 24.8. The standard InChI is InChI=1S/C20H19ClO/c21-19-10-8-17(9-11-19)18-12-16(13-20(22)14-18)7-6-15-4-2-1-3-5-15/h1-4,6-11,13,15,18H,5,12,14H2/b7-6+/t15?,18-/m1/s1. The van der Waals surface area contributed by atoms with Crippen LogP contribution >= 0.6 is 11.6 Å². The summed E-state index contributed by atoms with van der Waals surface area (Å²) >= 11 is 5.94. The number of ketones is 1. The van der Waals surface area contributed by atoms with Gasteiger partial charge in [-0.25, -0.2) is 0 Å². The van der Waals surface area contributed by atoms with Crippen molar-refractivity contribution >= 4 is 17.4 Å². The Hall–Kier alpha value is -1.86. The number of hydrogen-bond acceptors (Lipinski definition) is 1. The summed E-state index contributed by atoms with van der Waals surface area (Å²) in [6.45, 7) is 0. The highest BCUT2D eigenvalue weighted by Gasteiger charge is 2.21. The summed E-state index contributed by atoms with van der Waals surface area (Å²) in [7, 11) is 0. The predicted octanol–water partition coefficient (Wildman–Crippen LogP) is 5.40. The first-order valence-corrected chi connectivity index (χ1v) is 8.09. The summed E-state index contributed by atoms with van der Waals surface area (Å²) in [5.74, 6) is 0.915. The highest BCUT2D eigenvalue weighted by Crippen LogP contribution is 2.32. The van der Waals surface area contributed by atoms with Gasteiger partial charge in [-0.05, 0) is 54.0 Å². The minimum atomic E-state index is 0.213. The summed E-state index contributed by atoms with van der Waals surface area (Å²) < 4.78 is 0. The molecule has 1 aromatic rings. The quantitative estimate of drug-likeness (QED) is 0.730. The van der Waals surface area contributed by atoms with Crippen molar-refractivity contribution in [3.8, 4) is 0 Å². The van der Waals surface area contributed by atoms with Crippen molar-refractivity contribution in [2.45, 2.75) is 25.2 Å². The smallest absolute Gasteiger partial charge is 0.156 e. The monoisotopic (exact) mass is 310 g/mol. The van der Waals surface area contributed by atoms with Crippen molar-refractivity contribution < 1.29 is 4.79 Å². The summed E-state index contributed by atoms with van der Waals surface area (Å²) in [5.41, 5.74) is 2.32. The SMILES string of the molecule is O=C1C=C(/C=C/C2C=CC=CC2)C[C@@H](c2ccc(Cl)cc2)C1. The molecule has 22 heavy (non-hydrogen) atoms. The fraction of sp³-hybridized carbons (Fsp3) is 0.250. The van der Waals surface area contributed by atoms with E-state index in [1.54, 1.807) is 6.08 Å². The van der Waals surface area contributed by atoms with Gasteiger partial charge in [0.1, 0.15) is 0 Å². The van der Waals surface area contributed by atoms with Crippen LogP contribution in [-0.2, 0) is 4.79 Å². The van der Waals surface area contributed by atoms with Gasteiger partial charge in [0.05, 0.1) is 0 Å². The second kappa shape index (κ2) is 6.93. The van der Waals surface area contributed by atoms with E-state index in [0.29, 0.717) is 12.3 Å². The molecule has 0 aliphatic heterocycles. The molecule has 0 bridgehead atoms. The molecule has 2 aliphatic carbocycles. The highest BCUT2D eigenvalue weighted by atomic mass is 35.5. The van der Waals surface area contributed by atoms with Crippen LogP contribution in [0.15, 0.2) is 72.4 Å². The van der Waals surface area contributed by atoms with Gasteiger partial charge in [-0.3, -0.25) is 4.79 Å². The number of halogens is 1. The molecule has 0 saturated heterocycles. The molecule has 0 saturated carbocycles. The lowest BCUT2D eigenvalue weighted by molar-refractivity contribution is -0.115. The molecule has 1 aromatic carbocycles. The van der Waals surface area contributed by atoms with E-state index in [0.717, 1.165) is 23.4 Å². The molecular formula is C20H19ClO. The Bertz CT molecular complexity index is 661. The summed E-state index contributed by atoms with van der Waals surface area (Å²) in [6.07, 6.45) is 17.2. The first-order chi connectivity index (χ1) is 10.7. The largest absolute Gasteiger partial charge is 0.295 e. The molecule has 0 amide bonds. The van der Waals surface area contributed by atoms with Crippen LogP contribution in [0.1, 0.15) is 30.7 Å². The van der Waals surface area contributed by atoms with Crippen molar-refractivity contribution in [3.05, 3.63) is 83.0 Å². The molecule has 3 rings (SSSR count). The van der Waals surface area contributed by atoms with Crippen LogP contribution in [0.25, 0.3) is 0 Å². The highest BCUT2D eigenvalue weighted by molar-refractivity contribution is 6.30. The maximum atomic E-state index is 12.0. The van der Waals surface area contributed by atoms with Gasteiger partial charge < -0.3 is 0 Å². The lowest BCUT2D eigenvalue weighted by Crippen LogP contribution is -2.12. The first kappa shape index (κ1) is 15.1. The average Bonchev–Trinajstić information content (AvgIpc) is 2.54. The van der Waals surface area contributed by atoms with Crippen molar-refractivity contribution in [1.29, 1.82) is 0 Å². The van der Waals surface area contributed by atoms with Gasteiger partial charge in [-0.2, -0.15) is 0 Å². The van der Waals surface area contributed by atoms with E-state index in [-0.39, 0.29) is 11.7 Å². The minimum Gasteiger partial charge on any atom is -0.295 e. The molecule has 2 atom stereocenters. The minimum absolute atomic E-state index is 0.213. The van der Waals surface area contributed by atoms with Crippen LogP contribution < -0.4 is 0 Å². The number of allylic oxidation sites excluding steroid dienone is 8. The molecule has 2 aliphatic rings. The van der Waals surface area contributed by atoms with Gasteiger partial charge in [-0.1, -0.05) is 60.2 Å². The fourth-order valence-electron chi connectivity index (χ4n) is 3.00. The Kier molecular flexibility index (Phi) is 4.74. The summed E-state index contributed by atoms with van der Waals surface area (Å²) in [5, 5.41) is 0.735. The second-order valence-electron chi connectivity index (χ2n) is 5.91. The van der Waals surface area contributed by atoms with Gasteiger partial charge in [0, 0.05) is 11.4 Å². The zero-order valence-corrected chi connectivity index (χ0v) is 13.2. The van der Waals surface area contributed by atoms with Crippen LogP contribution in [-0.4, -0.2) is 5.78 Å². The number of carbonyl (C=O) groups excluding carboxylic acids is 1. The van der Waals surface area contributed by atoms with Gasteiger partial charge in [-0.15, -0.1) is 0 Å². The maximum Gasteiger partial charge on any atom is 0.156 e. The molecule has 0 spiro atoms. The third-order valence-corrected chi connectivity index (χ3v) is 4.44. The van der Waals surface area contributed by atoms with Crippen LogP contribution in [0.2, 0.25) is 5.02 Å². The molecule has 0 N–H and O–H groups in total. The Labute approximate surface area is 136 Å². The van der Waals surface area contributed by atoms with Crippen LogP contribution in [0.5, 0.6) is 0 Å². The Balaban J connectivity index is 1.71. The van der Waals surface area contributed by atoms with Gasteiger partial charge >= 0.3 is 0 Å². The van der Waals surface area contributed by atoms with E-state index in [2.05, 4.69) is 36.5 Å². The first-order valence-electron chi connectivity index (χ1n) is 7.71. The Morgan fingerprint density at radius 3 is 2.64 bits per heavy atom. The lowest BCUT2D eigenvalue weighted by atomic mass is 9.83. The van der Waals surface area contributed by atoms with Gasteiger partial charge in [0.25, 0.3) is 0 Å². The van der Waals surface area contributed by atoms with Crippen molar-refractivity contribution in [2.24, 2.45) is 5.92 Å². The number of carbonyl (C=O) groups is 1. The number of benzene rings is 1. The number of rotatable bonds is 3. The molecule has 2 heteroatoms. The lowest BCUT2D eigenvalue weighted by Gasteiger charge is -2.21. The van der Waals surface area contributed by atoms with E-state index >= 15 is 0 Å². The van der Waals surface area contributed by atoms with E-state index in [1.165, 1.54) is 5.56 Å². The molecule has 1 unspecified atom stereocenters. The molecule has 0 fully saturated rings. The van der Waals surface area contributed by atoms with Crippen LogP contribution in [0, 0.1) is 5.92 Å². The van der Waals surface area contributed by atoms with Crippen LogP contribution in [0.4, 0.5) is 0 Å². The van der Waals surface area contributed by atoms with Gasteiger partial charge in [0.2, 0.25) is 0 Å². The van der Waals surface area contributed by atoms with Crippen molar-refractivity contribution in [2.75, 3.05) is 0 Å². The van der Waals surface area contributed by atoms with E-state index in [9.17, 15) is 4.79 Å². The average molecular weight is 311 g/mol. The van der Waals surface area contributed by atoms with Crippen LogP contribution in [0.3, 0.4) is 0 Å². The predicted molar refractivity (Wildman–Crippen MR) is 92.0 cm³/mol. The molecule has 1 nitrogen and oxygen atoms in total. The zero-order chi connectivity index (χ0) is 15.4. The third kappa shape index (κ3) is 3.86. The Morgan fingerprint density at radius 2 is 1.91 bits per heavy atom. The zero-order valence-electron chi connectivity index (χ0n) is 12.4. The van der Waals surface area contributed by atoms with E-state index < -0.39 is 0 Å². The maximum absolute atomic E-state index is 12.0. The third-order valence-electron chi connectivity index (χ3n) is 4.19. The van der Waals surface area contributed by atoms with E-state index in [1.807, 2.05) is 24.3 Å². The molecular weight excluding hydrogens is 292 g/mol. The Morgan fingerprint density at radius 1 is 1.09 bits per heavy atom. The summed E-state index contributed by atoms with van der Waals surface area (Å²) in [4.78, 5) is 12.0. The molecule has 0 heterocycles. The second-order valence-corrected chi connectivity index (χ2v) is 6.35. The van der Waals surface area contributed by atoms with E-state index in [4.69, 9.17) is 11.6 Å².